The van der Waals surface area contributed by atoms with Crippen LogP contribution in [0.4, 0.5) is 11.4 Å². The van der Waals surface area contributed by atoms with Gasteiger partial charge in [0.1, 0.15) is 0 Å². The summed E-state index contributed by atoms with van der Waals surface area (Å²) in [5.74, 6) is -0.840. The van der Waals surface area contributed by atoms with Crippen LogP contribution >= 0.6 is 0 Å². The molecule has 4 rings (SSSR count). The molecule has 0 aliphatic rings. The first-order valence-electron chi connectivity index (χ1n) is 10.7. The highest BCUT2D eigenvalue weighted by Gasteiger charge is 2.14. The first-order valence-corrected chi connectivity index (χ1v) is 12.2. The van der Waals surface area contributed by atoms with Crippen LogP contribution in [-0.2, 0) is 14.8 Å². The molecule has 0 saturated carbocycles. The number of hydrogen-bond donors (Lipinski definition) is 2. The van der Waals surface area contributed by atoms with Gasteiger partial charge in [0.2, 0.25) is 0 Å². The predicted octanol–water partition coefficient (Wildman–Crippen LogP) is 4.10. The Morgan fingerprint density at radius 1 is 0.886 bits per heavy atom. The second kappa shape index (κ2) is 10.2. The lowest BCUT2D eigenvalue weighted by atomic mass is 10.2. The topological polar surface area (TPSA) is 119 Å². The van der Waals surface area contributed by atoms with Crippen LogP contribution in [0, 0.1) is 0 Å². The molecule has 0 bridgehead atoms. The van der Waals surface area contributed by atoms with Gasteiger partial charge in [0.15, 0.2) is 5.69 Å². The number of anilines is 2. The monoisotopic (exact) mass is 490 g/mol. The number of ether oxygens (including phenoxy) is 1. The van der Waals surface area contributed by atoms with Crippen LogP contribution in [0.2, 0.25) is 0 Å². The number of hydrogen-bond acceptors (Lipinski definition) is 6. The summed E-state index contributed by atoms with van der Waals surface area (Å²) in [5, 5.41) is 6.99. The third kappa shape index (κ3) is 5.74. The summed E-state index contributed by atoms with van der Waals surface area (Å²) >= 11 is 0. The molecule has 35 heavy (non-hydrogen) atoms. The van der Waals surface area contributed by atoms with Crippen molar-refractivity contribution in [3.8, 4) is 5.69 Å². The second-order valence-corrected chi connectivity index (χ2v) is 9.05. The first-order chi connectivity index (χ1) is 16.9. The number of amides is 1. The zero-order chi connectivity index (χ0) is 24.8. The minimum absolute atomic E-state index is 0.150. The molecule has 178 valence electrons. The fourth-order valence-corrected chi connectivity index (χ4v) is 4.27. The molecule has 0 radical (unpaired) electrons. The largest absolute Gasteiger partial charge is 0.461 e. The standard InChI is InChI=1S/C25H22N4O5S/c1-2-34-25(31)23-16-17-29(27-23)21-14-12-19(13-15-21)26-24(30)18-8-10-20(11-9-18)28-35(32,33)22-6-4-3-5-7-22/h3-17,28H,2H2,1H3,(H,26,30). The van der Waals surface area contributed by atoms with Gasteiger partial charge in [-0.3, -0.25) is 9.52 Å². The second-order valence-electron chi connectivity index (χ2n) is 7.36. The van der Waals surface area contributed by atoms with Crippen LogP contribution < -0.4 is 10.0 Å². The molecular weight excluding hydrogens is 468 g/mol. The van der Waals surface area contributed by atoms with Crippen LogP contribution in [0.5, 0.6) is 0 Å². The van der Waals surface area contributed by atoms with Gasteiger partial charge in [0.05, 0.1) is 17.2 Å². The minimum atomic E-state index is -3.71. The number of carbonyl (C=O) groups excluding carboxylic acids is 2. The lowest BCUT2D eigenvalue weighted by molar-refractivity contribution is 0.0518. The Morgan fingerprint density at radius 2 is 1.54 bits per heavy atom. The summed E-state index contributed by atoms with van der Waals surface area (Å²) in [6.07, 6.45) is 1.65. The molecule has 0 unspecified atom stereocenters. The third-order valence-electron chi connectivity index (χ3n) is 4.92. The zero-order valence-corrected chi connectivity index (χ0v) is 19.5. The lowest BCUT2D eigenvalue weighted by Gasteiger charge is -2.10. The molecule has 3 aromatic carbocycles. The van der Waals surface area contributed by atoms with Crippen molar-refractivity contribution in [1.82, 2.24) is 9.78 Å². The number of nitrogens with one attached hydrogen (secondary N) is 2. The van der Waals surface area contributed by atoms with E-state index in [1.54, 1.807) is 61.7 Å². The maximum Gasteiger partial charge on any atom is 0.358 e. The molecule has 0 atom stereocenters. The Balaban J connectivity index is 1.39. The molecular formula is C25H22N4O5S. The summed E-state index contributed by atoms with van der Waals surface area (Å²) in [5.41, 5.74) is 2.18. The number of benzene rings is 3. The summed E-state index contributed by atoms with van der Waals surface area (Å²) in [7, 11) is -3.71. The molecule has 4 aromatic rings. The van der Waals surface area contributed by atoms with Gasteiger partial charge in [0.25, 0.3) is 15.9 Å². The number of esters is 1. The van der Waals surface area contributed by atoms with Crippen LogP contribution in [0.3, 0.4) is 0 Å². The van der Waals surface area contributed by atoms with Gasteiger partial charge in [0, 0.05) is 23.1 Å². The Hall–Kier alpha value is -4.44. The molecule has 1 aromatic heterocycles. The molecule has 1 amide bonds. The first kappa shape index (κ1) is 23.7. The van der Waals surface area contributed by atoms with Crippen molar-refractivity contribution in [2.75, 3.05) is 16.6 Å². The molecule has 0 spiro atoms. The molecule has 2 N–H and O–H groups in total. The molecule has 0 fully saturated rings. The average molecular weight is 491 g/mol. The highest BCUT2D eigenvalue weighted by Crippen LogP contribution is 2.18. The maximum atomic E-state index is 12.6. The molecule has 9 nitrogen and oxygen atoms in total. The van der Waals surface area contributed by atoms with Gasteiger partial charge in [-0.05, 0) is 73.7 Å². The van der Waals surface area contributed by atoms with Gasteiger partial charge in [-0.2, -0.15) is 5.10 Å². The smallest absolute Gasteiger partial charge is 0.358 e. The SMILES string of the molecule is CCOC(=O)c1ccn(-c2ccc(NC(=O)c3ccc(NS(=O)(=O)c4ccccc4)cc3)cc2)n1. The van der Waals surface area contributed by atoms with Gasteiger partial charge in [-0.15, -0.1) is 0 Å². The van der Waals surface area contributed by atoms with Crippen LogP contribution in [-0.4, -0.2) is 36.7 Å². The Labute approximate surface area is 202 Å². The van der Waals surface area contributed by atoms with E-state index in [2.05, 4.69) is 15.1 Å². The maximum absolute atomic E-state index is 12.6. The highest BCUT2D eigenvalue weighted by atomic mass is 32.2. The summed E-state index contributed by atoms with van der Waals surface area (Å²) < 4.78 is 33.8. The average Bonchev–Trinajstić information content (AvgIpc) is 3.36. The van der Waals surface area contributed by atoms with Crippen molar-refractivity contribution in [3.63, 3.8) is 0 Å². The van der Waals surface area contributed by atoms with E-state index < -0.39 is 16.0 Å². The predicted molar refractivity (Wildman–Crippen MR) is 131 cm³/mol. The highest BCUT2D eigenvalue weighted by molar-refractivity contribution is 7.92. The summed E-state index contributed by atoms with van der Waals surface area (Å²) in [6, 6.07) is 22.6. The van der Waals surface area contributed by atoms with Gasteiger partial charge < -0.3 is 10.1 Å². The summed E-state index contributed by atoms with van der Waals surface area (Å²) in [4.78, 5) is 24.5. The Bertz CT molecular complexity index is 1430. The van der Waals surface area contributed by atoms with E-state index in [9.17, 15) is 18.0 Å². The number of nitrogens with zero attached hydrogens (tertiary/aromatic N) is 2. The number of rotatable bonds is 8. The molecule has 10 heteroatoms. The van der Waals surface area contributed by atoms with Crippen molar-refractivity contribution < 1.29 is 22.7 Å². The Morgan fingerprint density at radius 3 is 2.20 bits per heavy atom. The molecule has 1 heterocycles. The van der Waals surface area contributed by atoms with Crippen LogP contribution in [0.1, 0.15) is 27.8 Å². The number of carbonyl (C=O) groups is 2. The summed E-state index contributed by atoms with van der Waals surface area (Å²) in [6.45, 7) is 2.00. The van der Waals surface area contributed by atoms with E-state index in [0.717, 1.165) is 0 Å². The van der Waals surface area contributed by atoms with Crippen molar-refractivity contribution in [2.45, 2.75) is 11.8 Å². The van der Waals surface area contributed by atoms with E-state index in [4.69, 9.17) is 4.74 Å². The van der Waals surface area contributed by atoms with E-state index >= 15 is 0 Å². The fraction of sp³-hybridized carbons (Fsp3) is 0.0800. The van der Waals surface area contributed by atoms with Gasteiger partial charge >= 0.3 is 5.97 Å². The molecule has 0 saturated heterocycles. The Kier molecular flexibility index (Phi) is 6.93. The number of sulfonamides is 1. The quantitative estimate of drug-likeness (QED) is 0.359. The van der Waals surface area contributed by atoms with Crippen molar-refractivity contribution in [1.29, 1.82) is 0 Å². The van der Waals surface area contributed by atoms with E-state index in [1.165, 1.54) is 41.1 Å². The van der Waals surface area contributed by atoms with E-state index in [0.29, 0.717) is 22.6 Å². The van der Waals surface area contributed by atoms with Crippen LogP contribution in [0.15, 0.2) is 96.0 Å². The van der Waals surface area contributed by atoms with Crippen molar-refractivity contribution >= 4 is 33.3 Å². The molecule has 0 aliphatic carbocycles. The minimum Gasteiger partial charge on any atom is -0.461 e. The van der Waals surface area contributed by atoms with Gasteiger partial charge in [-0.25, -0.2) is 17.9 Å². The van der Waals surface area contributed by atoms with Crippen molar-refractivity contribution in [3.05, 3.63) is 102 Å². The number of aromatic nitrogens is 2. The fourth-order valence-electron chi connectivity index (χ4n) is 3.19. The van der Waals surface area contributed by atoms with E-state index in [1.807, 2.05) is 0 Å². The lowest BCUT2D eigenvalue weighted by Crippen LogP contribution is -2.14. The molecule has 0 aliphatic heterocycles. The van der Waals surface area contributed by atoms with Crippen LogP contribution in [0.25, 0.3) is 5.69 Å². The zero-order valence-electron chi connectivity index (χ0n) is 18.7. The third-order valence-corrected chi connectivity index (χ3v) is 6.31. The van der Waals surface area contributed by atoms with Crippen molar-refractivity contribution in [2.24, 2.45) is 0 Å². The normalized spacial score (nSPS) is 11.0. The van der Waals surface area contributed by atoms with Gasteiger partial charge in [-0.1, -0.05) is 18.2 Å². The van der Waals surface area contributed by atoms with E-state index in [-0.39, 0.29) is 23.1 Å².